The second-order valence-electron chi connectivity index (χ2n) is 4.39. The van der Waals surface area contributed by atoms with Crippen LogP contribution in [0.1, 0.15) is 0 Å². The number of hydrogen-bond acceptors (Lipinski definition) is 7. The van der Waals surface area contributed by atoms with Gasteiger partial charge in [-0.15, -0.1) is 11.3 Å². The number of nitrogens with zero attached hydrogens (tertiary/aromatic N) is 4. The molecule has 1 fully saturated rings. The molecular formula is C11H15N5OS. The molecule has 0 aliphatic carbocycles. The number of nitrogens with two attached hydrogens (primary N) is 1. The fourth-order valence-electron chi connectivity index (χ4n) is 1.92. The highest BCUT2D eigenvalue weighted by atomic mass is 32.1. The maximum absolute atomic E-state index is 5.69. The van der Waals surface area contributed by atoms with Crippen LogP contribution in [0.5, 0.6) is 0 Å². The lowest BCUT2D eigenvalue weighted by atomic mass is 10.3. The molecule has 3 heterocycles. The number of rotatable bonds is 2. The maximum Gasteiger partial charge on any atom is 0.269 e. The molecule has 7 heteroatoms. The summed E-state index contributed by atoms with van der Waals surface area (Å²) in [4.78, 5) is 9.78. The second-order valence-corrected chi connectivity index (χ2v) is 5.51. The van der Waals surface area contributed by atoms with Gasteiger partial charge in [0.15, 0.2) is 0 Å². The first-order valence-corrected chi connectivity index (χ1v) is 6.67. The molecule has 0 spiro atoms. The molecule has 1 saturated heterocycles. The van der Waals surface area contributed by atoms with E-state index in [0.717, 1.165) is 36.1 Å². The van der Waals surface area contributed by atoms with Crippen molar-refractivity contribution in [2.75, 3.05) is 43.9 Å². The van der Waals surface area contributed by atoms with E-state index >= 15 is 0 Å². The fourth-order valence-corrected chi connectivity index (χ4v) is 2.61. The third kappa shape index (κ3) is 2.19. The molecule has 18 heavy (non-hydrogen) atoms. The van der Waals surface area contributed by atoms with Crippen molar-refractivity contribution in [3.63, 3.8) is 0 Å². The van der Waals surface area contributed by atoms with Crippen LogP contribution in [-0.2, 0) is 0 Å². The molecule has 2 N–H and O–H groups in total. The number of hydrogen-bond donors (Lipinski definition) is 1. The summed E-state index contributed by atoms with van der Waals surface area (Å²) in [5.74, 6) is 1.22. The van der Waals surface area contributed by atoms with Gasteiger partial charge < -0.3 is 20.1 Å². The Morgan fingerprint density at radius 2 is 2.06 bits per heavy atom. The highest BCUT2D eigenvalue weighted by Gasteiger charge is 2.19. The Balaban J connectivity index is 1.77. The summed E-state index contributed by atoms with van der Waals surface area (Å²) in [7, 11) is 2.12. The van der Waals surface area contributed by atoms with Gasteiger partial charge in [0.05, 0.1) is 9.88 Å². The Kier molecular flexibility index (Phi) is 2.92. The highest BCUT2D eigenvalue weighted by molar-refractivity contribution is 7.19. The zero-order valence-electron chi connectivity index (χ0n) is 10.2. The van der Waals surface area contributed by atoms with E-state index in [1.54, 1.807) is 0 Å². The number of piperazine rings is 1. The van der Waals surface area contributed by atoms with Crippen LogP contribution in [0.3, 0.4) is 0 Å². The molecule has 0 radical (unpaired) electrons. The number of likely N-dealkylation sites (N-methyl/N-ethyl adjacent to an activating group) is 1. The van der Waals surface area contributed by atoms with Crippen LogP contribution >= 0.6 is 11.3 Å². The van der Waals surface area contributed by atoms with Crippen LogP contribution in [0.15, 0.2) is 16.7 Å². The lowest BCUT2D eigenvalue weighted by molar-refractivity contribution is 0.309. The van der Waals surface area contributed by atoms with Crippen molar-refractivity contribution in [2.45, 2.75) is 0 Å². The van der Waals surface area contributed by atoms with E-state index in [9.17, 15) is 0 Å². The first-order valence-electron chi connectivity index (χ1n) is 5.85. The molecule has 96 valence electrons. The van der Waals surface area contributed by atoms with Crippen molar-refractivity contribution < 1.29 is 4.52 Å². The quantitative estimate of drug-likeness (QED) is 0.877. The number of anilines is 2. The summed E-state index contributed by atoms with van der Waals surface area (Å²) in [5.41, 5.74) is 5.69. The Labute approximate surface area is 109 Å². The summed E-state index contributed by atoms with van der Waals surface area (Å²) in [6, 6.07) is 3.75. The van der Waals surface area contributed by atoms with Crippen LogP contribution in [-0.4, -0.2) is 48.3 Å². The normalized spacial score (nSPS) is 17.3. The van der Waals surface area contributed by atoms with Crippen molar-refractivity contribution >= 4 is 22.3 Å². The Morgan fingerprint density at radius 1 is 1.28 bits per heavy atom. The standard InChI is InChI=1S/C11H15N5OS/c1-15-4-6-16(7-5-15)11-13-10(17-14-11)8-2-3-9(12)18-8/h2-3H,4-7,12H2,1H3. The summed E-state index contributed by atoms with van der Waals surface area (Å²) in [6.07, 6.45) is 0. The average molecular weight is 265 g/mol. The number of thiophene rings is 1. The molecule has 2 aromatic rings. The first kappa shape index (κ1) is 11.5. The van der Waals surface area contributed by atoms with Crippen molar-refractivity contribution in [1.29, 1.82) is 0 Å². The van der Waals surface area contributed by atoms with E-state index in [-0.39, 0.29) is 0 Å². The van der Waals surface area contributed by atoms with Gasteiger partial charge in [0, 0.05) is 26.2 Å². The number of nitrogen functional groups attached to an aromatic ring is 1. The van der Waals surface area contributed by atoms with E-state index < -0.39 is 0 Å². The molecule has 1 aliphatic rings. The average Bonchev–Trinajstić information content (AvgIpc) is 2.98. The second kappa shape index (κ2) is 4.58. The van der Waals surface area contributed by atoms with Gasteiger partial charge in [-0.3, -0.25) is 0 Å². The van der Waals surface area contributed by atoms with Crippen LogP contribution in [0.4, 0.5) is 10.9 Å². The molecule has 0 saturated carbocycles. The van der Waals surface area contributed by atoms with Crippen molar-refractivity contribution in [3.8, 4) is 10.8 Å². The molecule has 0 aromatic carbocycles. The van der Waals surface area contributed by atoms with E-state index in [0.29, 0.717) is 11.8 Å². The Hall–Kier alpha value is -1.60. The monoisotopic (exact) mass is 265 g/mol. The van der Waals surface area contributed by atoms with Crippen molar-refractivity contribution in [2.24, 2.45) is 0 Å². The molecule has 0 bridgehead atoms. The molecule has 2 aromatic heterocycles. The first-order chi connectivity index (χ1) is 8.72. The molecule has 3 rings (SSSR count). The van der Waals surface area contributed by atoms with Gasteiger partial charge in [-0.1, -0.05) is 0 Å². The summed E-state index contributed by atoms with van der Waals surface area (Å²) in [5, 5.41) is 4.79. The third-order valence-electron chi connectivity index (χ3n) is 3.04. The SMILES string of the molecule is CN1CCN(c2noc(-c3ccc(N)s3)n2)CC1. The van der Waals surface area contributed by atoms with E-state index in [4.69, 9.17) is 10.3 Å². The minimum absolute atomic E-state index is 0.547. The van der Waals surface area contributed by atoms with E-state index in [1.807, 2.05) is 12.1 Å². The molecular weight excluding hydrogens is 250 g/mol. The van der Waals surface area contributed by atoms with Crippen molar-refractivity contribution in [3.05, 3.63) is 12.1 Å². The predicted molar refractivity (Wildman–Crippen MR) is 71.7 cm³/mol. The maximum atomic E-state index is 5.69. The molecule has 0 amide bonds. The van der Waals surface area contributed by atoms with Gasteiger partial charge in [-0.05, 0) is 24.3 Å². The van der Waals surface area contributed by atoms with Gasteiger partial charge >= 0.3 is 0 Å². The number of aromatic nitrogens is 2. The van der Waals surface area contributed by atoms with Gasteiger partial charge in [-0.2, -0.15) is 4.98 Å². The van der Waals surface area contributed by atoms with Gasteiger partial charge in [0.2, 0.25) is 0 Å². The predicted octanol–water partition coefficient (Wildman–Crippen LogP) is 1.13. The lowest BCUT2D eigenvalue weighted by Gasteiger charge is -2.31. The van der Waals surface area contributed by atoms with Crippen LogP contribution in [0, 0.1) is 0 Å². The van der Waals surface area contributed by atoms with Crippen molar-refractivity contribution in [1.82, 2.24) is 15.0 Å². The largest absolute Gasteiger partial charge is 0.391 e. The van der Waals surface area contributed by atoms with E-state index in [2.05, 4.69) is 27.0 Å². The summed E-state index contributed by atoms with van der Waals surface area (Å²) >= 11 is 1.46. The zero-order chi connectivity index (χ0) is 12.5. The zero-order valence-corrected chi connectivity index (χ0v) is 11.0. The lowest BCUT2D eigenvalue weighted by Crippen LogP contribution is -2.44. The van der Waals surface area contributed by atoms with Gasteiger partial charge in [0.1, 0.15) is 0 Å². The minimum Gasteiger partial charge on any atom is -0.391 e. The molecule has 1 aliphatic heterocycles. The minimum atomic E-state index is 0.547. The summed E-state index contributed by atoms with van der Waals surface area (Å²) < 4.78 is 5.28. The fraction of sp³-hybridized carbons (Fsp3) is 0.455. The molecule has 0 unspecified atom stereocenters. The van der Waals surface area contributed by atoms with Crippen LogP contribution < -0.4 is 10.6 Å². The Bertz CT molecular complexity index is 529. The van der Waals surface area contributed by atoms with Gasteiger partial charge in [0.25, 0.3) is 11.8 Å². The third-order valence-corrected chi connectivity index (χ3v) is 3.94. The topological polar surface area (TPSA) is 71.4 Å². The molecule has 6 nitrogen and oxygen atoms in total. The van der Waals surface area contributed by atoms with Crippen LogP contribution in [0.2, 0.25) is 0 Å². The highest BCUT2D eigenvalue weighted by Crippen LogP contribution is 2.29. The van der Waals surface area contributed by atoms with Crippen LogP contribution in [0.25, 0.3) is 10.8 Å². The Morgan fingerprint density at radius 3 is 2.72 bits per heavy atom. The molecule has 0 atom stereocenters. The van der Waals surface area contributed by atoms with Gasteiger partial charge in [-0.25, -0.2) is 0 Å². The van der Waals surface area contributed by atoms with E-state index in [1.165, 1.54) is 11.3 Å². The summed E-state index contributed by atoms with van der Waals surface area (Å²) in [6.45, 7) is 3.91. The smallest absolute Gasteiger partial charge is 0.269 e.